The third-order valence-corrected chi connectivity index (χ3v) is 2.09. The Hall–Kier alpha value is -1.07. The van der Waals surface area contributed by atoms with Crippen molar-refractivity contribution in [2.24, 2.45) is 0 Å². The van der Waals surface area contributed by atoms with Gasteiger partial charge in [-0.15, -0.1) is 8.78 Å². The molecule has 3 nitrogen and oxygen atoms in total. The molecule has 0 unspecified atom stereocenters. The van der Waals surface area contributed by atoms with Gasteiger partial charge in [0.05, 0.1) is 11.6 Å². The van der Waals surface area contributed by atoms with Crippen molar-refractivity contribution >= 4 is 11.6 Å². The summed E-state index contributed by atoms with van der Waals surface area (Å²) in [6.07, 6.45) is -3.65. The van der Waals surface area contributed by atoms with Gasteiger partial charge in [0.15, 0.2) is 11.5 Å². The van der Waals surface area contributed by atoms with Gasteiger partial charge in [0.25, 0.3) is 0 Å². The van der Waals surface area contributed by atoms with Crippen LogP contribution in [-0.4, -0.2) is 11.4 Å². The van der Waals surface area contributed by atoms with Crippen LogP contribution < -0.4 is 9.47 Å². The first-order valence-electron chi connectivity index (χ1n) is 3.71. The molecule has 14 heavy (non-hydrogen) atoms. The first kappa shape index (κ1) is 9.48. The van der Waals surface area contributed by atoms with Crippen LogP contribution in [0.3, 0.4) is 0 Å². The van der Waals surface area contributed by atoms with Crippen LogP contribution >= 0.6 is 11.6 Å². The molecule has 0 atom stereocenters. The summed E-state index contributed by atoms with van der Waals surface area (Å²) in [5.41, 5.74) is 0.312. The maximum Gasteiger partial charge on any atom is 0.586 e. The molecule has 0 saturated carbocycles. The van der Waals surface area contributed by atoms with Crippen molar-refractivity contribution in [2.45, 2.75) is 12.9 Å². The molecule has 0 fully saturated rings. The average Bonchev–Trinajstić information content (AvgIpc) is 2.36. The van der Waals surface area contributed by atoms with E-state index in [-0.39, 0.29) is 23.1 Å². The zero-order valence-corrected chi connectivity index (χ0v) is 7.52. The Morgan fingerprint density at radius 1 is 1.29 bits per heavy atom. The third-order valence-electron chi connectivity index (χ3n) is 1.74. The quantitative estimate of drug-likeness (QED) is 0.791. The lowest BCUT2D eigenvalue weighted by Gasteiger charge is -2.04. The molecule has 1 aromatic carbocycles. The number of benzene rings is 1. The molecule has 0 aromatic heterocycles. The molecule has 1 N–H and O–H groups in total. The van der Waals surface area contributed by atoms with Crippen molar-refractivity contribution in [3.05, 3.63) is 22.7 Å². The van der Waals surface area contributed by atoms with E-state index < -0.39 is 6.29 Å². The highest BCUT2D eigenvalue weighted by molar-refractivity contribution is 6.31. The number of alkyl halides is 2. The van der Waals surface area contributed by atoms with E-state index in [0.717, 1.165) is 0 Å². The Morgan fingerprint density at radius 3 is 2.43 bits per heavy atom. The minimum absolute atomic E-state index is 0.122. The molecule has 1 aliphatic rings. The normalized spacial score (nSPS) is 17.1. The largest absolute Gasteiger partial charge is 0.586 e. The van der Waals surface area contributed by atoms with E-state index in [1.54, 1.807) is 0 Å². The SMILES string of the molecule is OCc1cc2c(cc1Cl)OC(F)(F)O2. The van der Waals surface area contributed by atoms with Crippen molar-refractivity contribution in [1.29, 1.82) is 0 Å². The smallest absolute Gasteiger partial charge is 0.395 e. The predicted octanol–water partition coefficient (Wildman–Crippen LogP) is 2.15. The average molecular weight is 223 g/mol. The van der Waals surface area contributed by atoms with E-state index in [4.69, 9.17) is 16.7 Å². The second-order valence-electron chi connectivity index (χ2n) is 2.72. The van der Waals surface area contributed by atoms with Gasteiger partial charge in [0.2, 0.25) is 0 Å². The van der Waals surface area contributed by atoms with Crippen molar-refractivity contribution in [3.8, 4) is 11.5 Å². The lowest BCUT2D eigenvalue weighted by atomic mass is 10.2. The van der Waals surface area contributed by atoms with Crippen molar-refractivity contribution in [2.75, 3.05) is 0 Å². The summed E-state index contributed by atoms with van der Waals surface area (Å²) in [5.74, 6) is -0.249. The van der Waals surface area contributed by atoms with Crippen LogP contribution in [0, 0.1) is 0 Å². The molecular weight excluding hydrogens is 218 g/mol. The first-order chi connectivity index (χ1) is 6.52. The number of rotatable bonds is 1. The lowest BCUT2D eigenvalue weighted by molar-refractivity contribution is -0.286. The Morgan fingerprint density at radius 2 is 1.86 bits per heavy atom. The molecule has 1 heterocycles. The van der Waals surface area contributed by atoms with E-state index in [2.05, 4.69) is 9.47 Å². The minimum atomic E-state index is -3.65. The van der Waals surface area contributed by atoms with Gasteiger partial charge in [-0.25, -0.2) is 0 Å². The highest BCUT2D eigenvalue weighted by Crippen LogP contribution is 2.43. The number of aliphatic hydroxyl groups is 1. The zero-order chi connectivity index (χ0) is 10.3. The van der Waals surface area contributed by atoms with Gasteiger partial charge in [0.1, 0.15) is 0 Å². The number of ether oxygens (including phenoxy) is 2. The van der Waals surface area contributed by atoms with Crippen LogP contribution in [0.4, 0.5) is 8.78 Å². The van der Waals surface area contributed by atoms with Gasteiger partial charge in [0, 0.05) is 6.07 Å². The standard InChI is InChI=1S/C8H5ClF2O3/c9-5-2-7-6(1-4(5)3-12)13-8(10,11)14-7/h1-2,12H,3H2. The number of aliphatic hydroxyl groups excluding tert-OH is 1. The summed E-state index contributed by atoms with van der Waals surface area (Å²) in [6, 6.07) is 2.40. The maximum absolute atomic E-state index is 12.6. The number of halogens is 3. The molecular formula is C8H5ClF2O3. The second kappa shape index (κ2) is 2.96. The van der Waals surface area contributed by atoms with Gasteiger partial charge >= 0.3 is 6.29 Å². The molecule has 0 spiro atoms. The van der Waals surface area contributed by atoms with Gasteiger partial charge in [-0.1, -0.05) is 11.6 Å². The number of fused-ring (bicyclic) bond motifs is 1. The summed E-state index contributed by atoms with van der Waals surface area (Å²) < 4.78 is 33.4. The molecule has 0 saturated heterocycles. The third kappa shape index (κ3) is 1.49. The van der Waals surface area contributed by atoms with E-state index in [9.17, 15) is 8.78 Å². The lowest BCUT2D eigenvalue weighted by Crippen LogP contribution is -2.25. The van der Waals surface area contributed by atoms with Crippen LogP contribution in [0.1, 0.15) is 5.56 Å². The zero-order valence-electron chi connectivity index (χ0n) is 6.76. The molecule has 0 aliphatic carbocycles. The summed E-state index contributed by atoms with van der Waals surface area (Å²) in [5, 5.41) is 8.97. The summed E-state index contributed by atoms with van der Waals surface area (Å²) >= 11 is 5.66. The minimum Gasteiger partial charge on any atom is -0.395 e. The highest BCUT2D eigenvalue weighted by atomic mass is 35.5. The number of hydrogen-bond acceptors (Lipinski definition) is 3. The molecule has 0 bridgehead atoms. The fourth-order valence-corrected chi connectivity index (χ4v) is 1.35. The van der Waals surface area contributed by atoms with Crippen molar-refractivity contribution in [3.63, 3.8) is 0 Å². The van der Waals surface area contributed by atoms with Gasteiger partial charge in [-0.05, 0) is 11.6 Å². The molecule has 2 rings (SSSR count). The Bertz CT molecular complexity index is 381. The molecule has 1 aliphatic heterocycles. The first-order valence-corrected chi connectivity index (χ1v) is 4.09. The fraction of sp³-hybridized carbons (Fsp3) is 0.250. The van der Waals surface area contributed by atoms with Gasteiger partial charge in [-0.2, -0.15) is 0 Å². The molecule has 76 valence electrons. The van der Waals surface area contributed by atoms with Crippen LogP contribution in [0.15, 0.2) is 12.1 Å². The van der Waals surface area contributed by atoms with Crippen LogP contribution in [0.2, 0.25) is 5.02 Å². The maximum atomic E-state index is 12.6. The summed E-state index contributed by atoms with van der Waals surface area (Å²) in [4.78, 5) is 0. The predicted molar refractivity (Wildman–Crippen MR) is 43.6 cm³/mol. The topological polar surface area (TPSA) is 38.7 Å². The fourth-order valence-electron chi connectivity index (χ4n) is 1.13. The molecule has 0 radical (unpaired) electrons. The molecule has 1 aromatic rings. The van der Waals surface area contributed by atoms with Crippen LogP contribution in [-0.2, 0) is 6.61 Å². The van der Waals surface area contributed by atoms with Crippen LogP contribution in [0.5, 0.6) is 11.5 Å². The van der Waals surface area contributed by atoms with E-state index in [0.29, 0.717) is 5.56 Å². The highest BCUT2D eigenvalue weighted by Gasteiger charge is 2.43. The van der Waals surface area contributed by atoms with E-state index >= 15 is 0 Å². The van der Waals surface area contributed by atoms with E-state index in [1.807, 2.05) is 0 Å². The van der Waals surface area contributed by atoms with E-state index in [1.165, 1.54) is 12.1 Å². The number of hydrogen-bond donors (Lipinski definition) is 1. The second-order valence-corrected chi connectivity index (χ2v) is 3.12. The molecule has 6 heteroatoms. The molecule has 0 amide bonds. The van der Waals surface area contributed by atoms with Gasteiger partial charge in [-0.3, -0.25) is 0 Å². The van der Waals surface area contributed by atoms with Crippen LogP contribution in [0.25, 0.3) is 0 Å². The van der Waals surface area contributed by atoms with Crippen molar-refractivity contribution < 1.29 is 23.4 Å². The summed E-state index contributed by atoms with van der Waals surface area (Å²) in [6.45, 7) is -0.346. The van der Waals surface area contributed by atoms with Crippen molar-refractivity contribution in [1.82, 2.24) is 0 Å². The Balaban J connectivity index is 2.44. The Labute approximate surface area is 82.8 Å². The monoisotopic (exact) mass is 222 g/mol. The van der Waals surface area contributed by atoms with Gasteiger partial charge < -0.3 is 14.6 Å². The Kier molecular flexibility index (Phi) is 2.01. The summed E-state index contributed by atoms with van der Waals surface area (Å²) in [7, 11) is 0.